The van der Waals surface area contributed by atoms with E-state index in [0.29, 0.717) is 5.96 Å². The molecule has 2 aliphatic rings. The van der Waals surface area contributed by atoms with Gasteiger partial charge in [0.05, 0.1) is 6.04 Å². The van der Waals surface area contributed by atoms with Crippen molar-refractivity contribution in [3.05, 3.63) is 30.3 Å². The maximum Gasteiger partial charge on any atom is 0.191 e. The fourth-order valence-corrected chi connectivity index (χ4v) is 2.73. The molecule has 0 unspecified atom stereocenters. The lowest BCUT2D eigenvalue weighted by Gasteiger charge is -2.49. The van der Waals surface area contributed by atoms with Crippen LogP contribution in [-0.2, 0) is 0 Å². The van der Waals surface area contributed by atoms with E-state index >= 15 is 0 Å². The van der Waals surface area contributed by atoms with Crippen LogP contribution in [0.4, 0.5) is 0 Å². The van der Waals surface area contributed by atoms with E-state index in [1.54, 1.807) is 0 Å². The molecular formula is C16H23N3O. The second kappa shape index (κ2) is 5.00. The van der Waals surface area contributed by atoms with Crippen LogP contribution in [0, 0.1) is 5.41 Å². The van der Waals surface area contributed by atoms with Gasteiger partial charge in [0.15, 0.2) is 5.96 Å². The van der Waals surface area contributed by atoms with E-state index in [1.165, 1.54) is 6.42 Å². The lowest BCUT2D eigenvalue weighted by Crippen LogP contribution is -2.57. The molecule has 1 aliphatic heterocycles. The Hall–Kier alpha value is -1.71. The summed E-state index contributed by atoms with van der Waals surface area (Å²) in [5.41, 5.74) is 6.08. The Morgan fingerprint density at radius 2 is 2.00 bits per heavy atom. The Balaban J connectivity index is 1.61. The van der Waals surface area contributed by atoms with E-state index < -0.39 is 0 Å². The summed E-state index contributed by atoms with van der Waals surface area (Å²) in [5, 5.41) is 0. The molecule has 3 rings (SSSR count). The lowest BCUT2D eigenvalue weighted by atomic mass is 9.64. The fourth-order valence-electron chi connectivity index (χ4n) is 2.73. The largest absolute Gasteiger partial charge is 0.490 e. The monoisotopic (exact) mass is 273 g/mol. The van der Waals surface area contributed by atoms with Crippen LogP contribution in [0.25, 0.3) is 0 Å². The van der Waals surface area contributed by atoms with E-state index in [2.05, 4.69) is 23.7 Å². The summed E-state index contributed by atoms with van der Waals surface area (Å²) in [6, 6.07) is 10.3. The van der Waals surface area contributed by atoms with Gasteiger partial charge >= 0.3 is 0 Å². The summed E-state index contributed by atoms with van der Waals surface area (Å²) in [7, 11) is 0. The molecule has 4 nitrogen and oxygen atoms in total. The highest BCUT2D eigenvalue weighted by atomic mass is 16.5. The first-order valence-electron chi connectivity index (χ1n) is 7.37. The number of benzene rings is 1. The molecule has 1 heterocycles. The summed E-state index contributed by atoms with van der Waals surface area (Å²) in [6.45, 7) is 6.52. The van der Waals surface area contributed by atoms with Crippen molar-refractivity contribution >= 4 is 5.96 Å². The average molecular weight is 273 g/mol. The van der Waals surface area contributed by atoms with Gasteiger partial charge in [-0.3, -0.25) is 0 Å². The van der Waals surface area contributed by atoms with Crippen molar-refractivity contribution in [1.82, 2.24) is 4.90 Å². The van der Waals surface area contributed by atoms with Crippen molar-refractivity contribution < 1.29 is 4.74 Å². The summed E-state index contributed by atoms with van der Waals surface area (Å²) in [5.74, 6) is 1.64. The van der Waals surface area contributed by atoms with E-state index in [0.717, 1.165) is 25.3 Å². The first kappa shape index (κ1) is 13.3. The van der Waals surface area contributed by atoms with Crippen molar-refractivity contribution in [3.8, 4) is 5.75 Å². The molecule has 108 valence electrons. The number of hydrogen-bond acceptors (Lipinski definition) is 2. The molecule has 20 heavy (non-hydrogen) atoms. The predicted molar refractivity (Wildman–Crippen MR) is 80.9 cm³/mol. The van der Waals surface area contributed by atoms with E-state index in [1.807, 2.05) is 30.3 Å². The smallest absolute Gasteiger partial charge is 0.191 e. The second-order valence-electron chi connectivity index (χ2n) is 6.32. The molecule has 1 saturated carbocycles. The predicted octanol–water partition coefficient (Wildman–Crippen LogP) is 2.25. The lowest BCUT2D eigenvalue weighted by molar-refractivity contribution is -0.0395. The first-order chi connectivity index (χ1) is 9.57. The third kappa shape index (κ3) is 2.35. The highest BCUT2D eigenvalue weighted by molar-refractivity contribution is 5.79. The highest BCUT2D eigenvalue weighted by Gasteiger charge is 2.50. The molecule has 2 fully saturated rings. The van der Waals surface area contributed by atoms with Gasteiger partial charge in [-0.25, -0.2) is 4.99 Å². The zero-order chi connectivity index (χ0) is 14.2. The van der Waals surface area contributed by atoms with Gasteiger partial charge in [0.2, 0.25) is 0 Å². The number of likely N-dealkylation sites (tertiary alicyclic amines) is 1. The van der Waals surface area contributed by atoms with Crippen molar-refractivity contribution in [2.75, 3.05) is 13.1 Å². The topological polar surface area (TPSA) is 50.8 Å². The molecule has 2 N–H and O–H groups in total. The molecule has 0 bridgehead atoms. The number of nitrogens with zero attached hydrogens (tertiary/aromatic N) is 2. The van der Waals surface area contributed by atoms with Crippen LogP contribution in [0.15, 0.2) is 35.3 Å². The molecule has 4 heteroatoms. The van der Waals surface area contributed by atoms with Gasteiger partial charge in [0.25, 0.3) is 0 Å². The summed E-state index contributed by atoms with van der Waals surface area (Å²) in [4.78, 5) is 6.83. The Kier molecular flexibility index (Phi) is 3.32. The van der Waals surface area contributed by atoms with Gasteiger partial charge in [-0.05, 0) is 18.6 Å². The molecule has 0 spiro atoms. The Morgan fingerprint density at radius 3 is 2.55 bits per heavy atom. The maximum absolute atomic E-state index is 6.05. The third-order valence-corrected chi connectivity index (χ3v) is 4.62. The van der Waals surface area contributed by atoms with Crippen LogP contribution in [0.1, 0.15) is 26.7 Å². The minimum absolute atomic E-state index is 0.0331. The third-order valence-electron chi connectivity index (χ3n) is 4.62. The van der Waals surface area contributed by atoms with E-state index in [4.69, 9.17) is 10.5 Å². The van der Waals surface area contributed by atoms with Crippen molar-refractivity contribution in [1.29, 1.82) is 0 Å². The minimum atomic E-state index is 0.0331. The highest BCUT2D eigenvalue weighted by Crippen LogP contribution is 2.45. The van der Waals surface area contributed by atoms with Crippen LogP contribution >= 0.6 is 0 Å². The normalized spacial score (nSPS) is 28.5. The number of ether oxygens (including phenoxy) is 1. The SMILES string of the molecule is CC1(C)[C@@H](N=C(N)N2CCC2)C[C@H]1Oc1ccccc1. The Bertz CT molecular complexity index is 494. The molecule has 0 radical (unpaired) electrons. The number of hydrogen-bond donors (Lipinski definition) is 1. The number of guanidine groups is 1. The summed E-state index contributed by atoms with van der Waals surface area (Å²) in [6.07, 6.45) is 2.38. The first-order valence-corrected chi connectivity index (χ1v) is 7.37. The van der Waals surface area contributed by atoms with Crippen molar-refractivity contribution in [2.45, 2.75) is 38.8 Å². The van der Waals surface area contributed by atoms with Crippen molar-refractivity contribution in [3.63, 3.8) is 0 Å². The van der Waals surface area contributed by atoms with Crippen LogP contribution in [0.5, 0.6) is 5.75 Å². The van der Waals surface area contributed by atoms with Crippen LogP contribution in [0.2, 0.25) is 0 Å². The van der Waals surface area contributed by atoms with Gasteiger partial charge in [-0.2, -0.15) is 0 Å². The van der Waals surface area contributed by atoms with Crippen molar-refractivity contribution in [2.24, 2.45) is 16.1 Å². The van der Waals surface area contributed by atoms with Crippen LogP contribution in [0.3, 0.4) is 0 Å². The zero-order valence-electron chi connectivity index (χ0n) is 12.2. The molecule has 0 aromatic heterocycles. The summed E-state index contributed by atoms with van der Waals surface area (Å²) < 4.78 is 6.05. The molecule has 1 aromatic rings. The van der Waals surface area contributed by atoms with Gasteiger partial charge in [0, 0.05) is 24.9 Å². The minimum Gasteiger partial charge on any atom is -0.490 e. The molecule has 1 aromatic carbocycles. The van der Waals surface area contributed by atoms with E-state index in [9.17, 15) is 0 Å². The van der Waals surface area contributed by atoms with Crippen LogP contribution in [-0.4, -0.2) is 36.1 Å². The van der Waals surface area contributed by atoms with Gasteiger partial charge in [-0.15, -0.1) is 0 Å². The molecule has 0 amide bonds. The zero-order valence-corrected chi connectivity index (χ0v) is 12.2. The quantitative estimate of drug-likeness (QED) is 0.679. The standard InChI is InChI=1S/C16H23N3O/c1-16(2)13(18-15(17)19-9-6-10-19)11-14(16)20-12-7-4-3-5-8-12/h3-5,7-8,13-14H,6,9-11H2,1-2H3,(H2,17,18)/t13-,14+/m0/s1. The fraction of sp³-hybridized carbons (Fsp3) is 0.562. The maximum atomic E-state index is 6.05. The second-order valence-corrected chi connectivity index (χ2v) is 6.32. The van der Waals surface area contributed by atoms with E-state index in [-0.39, 0.29) is 17.6 Å². The molecular weight excluding hydrogens is 250 g/mol. The number of nitrogens with two attached hydrogens (primary N) is 1. The Labute approximate surface area is 120 Å². The summed E-state index contributed by atoms with van der Waals surface area (Å²) >= 11 is 0. The number of rotatable bonds is 3. The molecule has 1 aliphatic carbocycles. The van der Waals surface area contributed by atoms with Gasteiger partial charge in [0.1, 0.15) is 11.9 Å². The van der Waals surface area contributed by atoms with Gasteiger partial charge in [-0.1, -0.05) is 32.0 Å². The Morgan fingerprint density at radius 1 is 1.30 bits per heavy atom. The average Bonchev–Trinajstić information content (AvgIpc) is 2.36. The van der Waals surface area contributed by atoms with Gasteiger partial charge < -0.3 is 15.4 Å². The number of aliphatic imine (C=N–C) groups is 1. The molecule has 1 saturated heterocycles. The molecule has 2 atom stereocenters. The number of para-hydroxylation sites is 1. The van der Waals surface area contributed by atoms with Crippen LogP contribution < -0.4 is 10.5 Å².